The molecule has 1 saturated carbocycles. The SMILES string of the molecule is CC(Cl)(Cl)C(=O)O.O=C1CCCC/C1=N/O. The maximum atomic E-state index is 10.7. The van der Waals surface area contributed by atoms with E-state index in [0.717, 1.165) is 12.8 Å². The predicted octanol–water partition coefficient (Wildman–Crippen LogP) is 2.22. The summed E-state index contributed by atoms with van der Waals surface area (Å²) in [4.78, 5) is 20.5. The van der Waals surface area contributed by atoms with Gasteiger partial charge >= 0.3 is 5.97 Å². The lowest BCUT2D eigenvalue weighted by Gasteiger charge is -2.07. The highest BCUT2D eigenvalue weighted by atomic mass is 35.5. The Kier molecular flexibility index (Phi) is 6.36. The van der Waals surface area contributed by atoms with Crippen molar-refractivity contribution in [3.8, 4) is 0 Å². The molecule has 0 unspecified atom stereocenters. The largest absolute Gasteiger partial charge is 0.479 e. The van der Waals surface area contributed by atoms with Gasteiger partial charge in [0.15, 0.2) is 5.78 Å². The van der Waals surface area contributed by atoms with E-state index >= 15 is 0 Å². The lowest BCUT2D eigenvalue weighted by molar-refractivity contribution is -0.137. The molecule has 2 N–H and O–H groups in total. The second-order valence-corrected chi connectivity index (χ2v) is 5.08. The monoisotopic (exact) mass is 269 g/mol. The molecule has 0 heterocycles. The summed E-state index contributed by atoms with van der Waals surface area (Å²) in [5, 5.41) is 19.1. The minimum Gasteiger partial charge on any atom is -0.479 e. The third kappa shape index (κ3) is 5.92. The molecule has 7 heteroatoms. The van der Waals surface area contributed by atoms with Gasteiger partial charge in [0.05, 0.1) is 0 Å². The highest BCUT2D eigenvalue weighted by Gasteiger charge is 2.25. The van der Waals surface area contributed by atoms with Crippen molar-refractivity contribution in [2.24, 2.45) is 5.16 Å². The summed E-state index contributed by atoms with van der Waals surface area (Å²) in [5.41, 5.74) is 0.348. The molecule has 0 amide bonds. The molecule has 0 atom stereocenters. The molecule has 5 nitrogen and oxygen atoms in total. The fraction of sp³-hybridized carbons (Fsp3) is 0.667. The zero-order valence-corrected chi connectivity index (χ0v) is 10.3. The molecule has 0 radical (unpaired) electrons. The van der Waals surface area contributed by atoms with Gasteiger partial charge in [0.2, 0.25) is 4.33 Å². The average molecular weight is 270 g/mol. The maximum absolute atomic E-state index is 10.7. The lowest BCUT2D eigenvalue weighted by Crippen LogP contribution is -2.19. The Bertz CT molecular complexity index is 296. The molecule has 0 bridgehead atoms. The van der Waals surface area contributed by atoms with Gasteiger partial charge in [-0.2, -0.15) is 0 Å². The van der Waals surface area contributed by atoms with Gasteiger partial charge in [-0.3, -0.25) is 4.79 Å². The summed E-state index contributed by atoms with van der Waals surface area (Å²) < 4.78 is -1.64. The lowest BCUT2D eigenvalue weighted by atomic mass is 9.97. The number of nitrogens with zero attached hydrogens (tertiary/aromatic N) is 1. The number of carboxylic acid groups (broad SMARTS) is 1. The summed E-state index contributed by atoms with van der Waals surface area (Å²) in [6.45, 7) is 1.19. The van der Waals surface area contributed by atoms with Crippen LogP contribution >= 0.6 is 23.2 Å². The van der Waals surface area contributed by atoms with Crippen LogP contribution in [0.15, 0.2) is 5.16 Å². The number of hydrogen-bond donors (Lipinski definition) is 2. The number of carboxylic acids is 1. The number of hydrogen-bond acceptors (Lipinski definition) is 4. The smallest absolute Gasteiger partial charge is 0.339 e. The summed E-state index contributed by atoms with van der Waals surface area (Å²) >= 11 is 10.1. The van der Waals surface area contributed by atoms with E-state index in [4.69, 9.17) is 33.5 Å². The second kappa shape index (κ2) is 6.70. The number of carbonyl (C=O) groups is 2. The number of oxime groups is 1. The highest BCUT2D eigenvalue weighted by Crippen LogP contribution is 2.18. The number of carbonyl (C=O) groups excluding carboxylic acids is 1. The van der Waals surface area contributed by atoms with Gasteiger partial charge in [-0.15, -0.1) is 0 Å². The minimum atomic E-state index is -1.64. The number of alkyl halides is 2. The maximum Gasteiger partial charge on any atom is 0.339 e. The first-order valence-corrected chi connectivity index (χ1v) is 5.40. The molecule has 1 fully saturated rings. The third-order valence-electron chi connectivity index (χ3n) is 1.89. The van der Waals surface area contributed by atoms with Crippen molar-refractivity contribution in [2.45, 2.75) is 36.9 Å². The Hall–Kier alpha value is -0.810. The zero-order chi connectivity index (χ0) is 12.8. The van der Waals surface area contributed by atoms with Crippen molar-refractivity contribution in [1.29, 1.82) is 0 Å². The molecule has 0 saturated heterocycles. The van der Waals surface area contributed by atoms with Crippen LogP contribution in [0.2, 0.25) is 0 Å². The quantitative estimate of drug-likeness (QED) is 0.434. The van der Waals surface area contributed by atoms with Crippen LogP contribution in [-0.4, -0.2) is 32.1 Å². The molecule has 1 rings (SSSR count). The molecular formula is C9H13Cl2NO4. The van der Waals surface area contributed by atoms with Crippen molar-refractivity contribution in [3.05, 3.63) is 0 Å². The zero-order valence-electron chi connectivity index (χ0n) is 8.74. The number of halogens is 2. The molecule has 0 aromatic rings. The summed E-state index contributed by atoms with van der Waals surface area (Å²) in [5.74, 6) is -1.22. The number of rotatable bonds is 1. The van der Waals surface area contributed by atoms with Crippen molar-refractivity contribution < 1.29 is 19.9 Å². The predicted molar refractivity (Wildman–Crippen MR) is 60.4 cm³/mol. The molecule has 0 spiro atoms. The van der Waals surface area contributed by atoms with Crippen LogP contribution in [0, 0.1) is 0 Å². The molecule has 16 heavy (non-hydrogen) atoms. The molecular weight excluding hydrogens is 257 g/mol. The van der Waals surface area contributed by atoms with E-state index < -0.39 is 10.3 Å². The van der Waals surface area contributed by atoms with E-state index in [1.54, 1.807) is 0 Å². The number of ketones is 1. The van der Waals surface area contributed by atoms with E-state index in [9.17, 15) is 9.59 Å². The minimum absolute atomic E-state index is 0.00347. The summed E-state index contributed by atoms with van der Waals surface area (Å²) in [6, 6.07) is 0. The van der Waals surface area contributed by atoms with Crippen molar-refractivity contribution in [2.75, 3.05) is 0 Å². The molecule has 0 aromatic heterocycles. The summed E-state index contributed by atoms with van der Waals surface area (Å²) in [6.07, 6.45) is 3.12. The Morgan fingerprint density at radius 1 is 1.38 bits per heavy atom. The normalized spacial score (nSPS) is 18.9. The van der Waals surface area contributed by atoms with Gasteiger partial charge < -0.3 is 10.3 Å². The first-order valence-electron chi connectivity index (χ1n) is 4.64. The standard InChI is InChI=1S/C6H9NO2.C3H4Cl2O2/c8-6-4-2-1-3-5(6)7-9;1-3(4,5)2(6)7/h9H,1-4H2;1H3,(H,6,7)/b7-5-;. The number of aliphatic carboxylic acids is 1. The van der Waals surface area contributed by atoms with Crippen LogP contribution < -0.4 is 0 Å². The third-order valence-corrected chi connectivity index (χ3v) is 2.21. The van der Waals surface area contributed by atoms with E-state index in [0.29, 0.717) is 18.6 Å². The van der Waals surface area contributed by atoms with Gasteiger partial charge in [-0.1, -0.05) is 28.4 Å². The van der Waals surface area contributed by atoms with Crippen molar-refractivity contribution in [3.63, 3.8) is 0 Å². The van der Waals surface area contributed by atoms with E-state index in [1.807, 2.05) is 0 Å². The highest BCUT2D eigenvalue weighted by molar-refractivity contribution is 6.56. The van der Waals surface area contributed by atoms with Crippen molar-refractivity contribution in [1.82, 2.24) is 0 Å². The fourth-order valence-corrected chi connectivity index (χ4v) is 0.967. The van der Waals surface area contributed by atoms with Crippen LogP contribution in [-0.2, 0) is 9.59 Å². The molecule has 1 aliphatic rings. The Balaban J connectivity index is 0.000000293. The first kappa shape index (κ1) is 15.2. The van der Waals surface area contributed by atoms with Gasteiger partial charge in [0.1, 0.15) is 5.71 Å². The molecule has 0 aliphatic heterocycles. The Labute approximate surface area is 103 Å². The molecule has 92 valence electrons. The van der Waals surface area contributed by atoms with E-state index in [2.05, 4.69) is 5.16 Å². The molecule has 0 aromatic carbocycles. The van der Waals surface area contributed by atoms with Crippen LogP contribution in [0.4, 0.5) is 0 Å². The van der Waals surface area contributed by atoms with E-state index in [-0.39, 0.29) is 5.78 Å². The number of Topliss-reactive ketones (excluding diaryl/α,β-unsaturated/α-hetero) is 1. The van der Waals surface area contributed by atoms with Crippen LogP contribution in [0.25, 0.3) is 0 Å². The van der Waals surface area contributed by atoms with Crippen LogP contribution in [0.3, 0.4) is 0 Å². The van der Waals surface area contributed by atoms with Gasteiger partial charge in [0, 0.05) is 6.42 Å². The van der Waals surface area contributed by atoms with Crippen LogP contribution in [0.1, 0.15) is 32.6 Å². The first-order chi connectivity index (χ1) is 7.29. The van der Waals surface area contributed by atoms with Crippen molar-refractivity contribution >= 4 is 40.7 Å². The topological polar surface area (TPSA) is 87.0 Å². The van der Waals surface area contributed by atoms with Gasteiger partial charge in [-0.05, 0) is 26.2 Å². The van der Waals surface area contributed by atoms with Gasteiger partial charge in [-0.25, -0.2) is 4.79 Å². The van der Waals surface area contributed by atoms with Gasteiger partial charge in [0.25, 0.3) is 0 Å². The summed E-state index contributed by atoms with van der Waals surface area (Å²) in [7, 11) is 0. The average Bonchev–Trinajstić information content (AvgIpc) is 2.18. The second-order valence-electron chi connectivity index (χ2n) is 3.37. The molecule has 1 aliphatic carbocycles. The Morgan fingerprint density at radius 3 is 2.06 bits per heavy atom. The van der Waals surface area contributed by atoms with E-state index in [1.165, 1.54) is 6.92 Å². The Morgan fingerprint density at radius 2 is 1.81 bits per heavy atom. The fourth-order valence-electron chi connectivity index (χ4n) is 0.967. The van der Waals surface area contributed by atoms with Crippen LogP contribution in [0.5, 0.6) is 0 Å².